The molecule has 0 saturated carbocycles. The summed E-state index contributed by atoms with van der Waals surface area (Å²) in [7, 11) is -1.31. The van der Waals surface area contributed by atoms with E-state index < -0.39 is 27.4 Å². The minimum absolute atomic E-state index is 0.192. The highest BCUT2D eigenvalue weighted by molar-refractivity contribution is 8.01. The predicted octanol–water partition coefficient (Wildman–Crippen LogP) is 4.01. The maximum absolute atomic E-state index is 13.9. The molecule has 1 fully saturated rings. The molecule has 0 aliphatic carbocycles. The molecule has 3 aromatic rings. The first-order chi connectivity index (χ1) is 15.3. The lowest BCUT2D eigenvalue weighted by Gasteiger charge is -2.19. The number of hydrogen-bond acceptors (Lipinski definition) is 7. The Labute approximate surface area is 187 Å². The largest absolute Gasteiger partial charge is 0.483 e. The molecule has 2 heterocycles. The molecule has 1 saturated heterocycles. The van der Waals surface area contributed by atoms with Crippen molar-refractivity contribution in [3.8, 4) is 5.75 Å². The molecule has 2 N–H and O–H groups in total. The van der Waals surface area contributed by atoms with Gasteiger partial charge in [-0.25, -0.2) is 18.7 Å². The van der Waals surface area contributed by atoms with E-state index in [-0.39, 0.29) is 19.0 Å². The van der Waals surface area contributed by atoms with Crippen molar-refractivity contribution in [1.29, 1.82) is 0 Å². The van der Waals surface area contributed by atoms with Crippen LogP contribution in [0.15, 0.2) is 41.0 Å². The standard InChI is InChI=1S/C23H27FN4O3S/c1-5-32(3,4)28-16-8-14(2)22-18(10-16)25-13-26-23(22)27-17-7-6-15(24)9-20(17)31-21-12-30-11-19(21)29/h6-10,13,19,21,29H,3,5,11-12H2,1-2,4H3,(H,25,26,27)/t19-,21-,32?/m0/s1. The van der Waals surface area contributed by atoms with Crippen LogP contribution in [0.5, 0.6) is 5.75 Å². The number of rotatable bonds is 6. The first-order valence-corrected chi connectivity index (χ1v) is 12.7. The fourth-order valence-corrected chi connectivity index (χ4v) is 4.21. The van der Waals surface area contributed by atoms with E-state index >= 15 is 0 Å². The quantitative estimate of drug-likeness (QED) is 0.543. The summed E-state index contributed by atoms with van der Waals surface area (Å²) in [5.41, 5.74) is 3.08. The lowest BCUT2D eigenvalue weighted by Crippen LogP contribution is -2.30. The first kappa shape index (κ1) is 22.4. The van der Waals surface area contributed by atoms with E-state index in [0.717, 1.165) is 27.9 Å². The van der Waals surface area contributed by atoms with E-state index in [1.807, 2.05) is 19.1 Å². The molecule has 1 unspecified atom stereocenters. The SMILES string of the molecule is C=S(C)(CC)=Nc1cc(C)c2c(Nc3ccc(F)cc3O[C@H]3COC[C@@H]3O)ncnc2c1. The molecule has 1 aliphatic heterocycles. The first-order valence-electron chi connectivity index (χ1n) is 10.3. The van der Waals surface area contributed by atoms with E-state index in [2.05, 4.69) is 34.3 Å². The van der Waals surface area contributed by atoms with Crippen LogP contribution in [0.3, 0.4) is 0 Å². The van der Waals surface area contributed by atoms with Crippen LogP contribution < -0.4 is 10.1 Å². The molecule has 0 bridgehead atoms. The predicted molar refractivity (Wildman–Crippen MR) is 128 cm³/mol. The van der Waals surface area contributed by atoms with E-state index in [0.29, 0.717) is 11.5 Å². The Morgan fingerprint density at radius 1 is 1.31 bits per heavy atom. The minimum Gasteiger partial charge on any atom is -0.483 e. The highest BCUT2D eigenvalue weighted by atomic mass is 32.2. The second-order valence-corrected chi connectivity index (χ2v) is 11.2. The summed E-state index contributed by atoms with van der Waals surface area (Å²) < 4.78 is 29.9. The van der Waals surface area contributed by atoms with Crippen molar-refractivity contribution in [2.75, 3.05) is 30.5 Å². The van der Waals surface area contributed by atoms with Gasteiger partial charge in [0.1, 0.15) is 29.8 Å². The van der Waals surface area contributed by atoms with Crippen molar-refractivity contribution in [2.45, 2.75) is 26.1 Å². The van der Waals surface area contributed by atoms with E-state index in [4.69, 9.17) is 13.8 Å². The zero-order valence-corrected chi connectivity index (χ0v) is 19.2. The summed E-state index contributed by atoms with van der Waals surface area (Å²) >= 11 is 0. The molecule has 3 atom stereocenters. The van der Waals surface area contributed by atoms with Crippen LogP contribution in [0.1, 0.15) is 12.5 Å². The number of nitrogens with zero attached hydrogens (tertiary/aromatic N) is 3. The average Bonchev–Trinajstić information content (AvgIpc) is 3.14. The summed E-state index contributed by atoms with van der Waals surface area (Å²) in [5, 5.41) is 14.1. The van der Waals surface area contributed by atoms with Crippen LogP contribution in [-0.4, -0.2) is 58.4 Å². The highest BCUT2D eigenvalue weighted by Gasteiger charge is 2.29. The molecular weight excluding hydrogens is 431 g/mol. The molecule has 1 aliphatic rings. The van der Waals surface area contributed by atoms with Crippen LogP contribution in [0.2, 0.25) is 0 Å². The zero-order chi connectivity index (χ0) is 22.9. The van der Waals surface area contributed by atoms with Crippen molar-refractivity contribution in [3.63, 3.8) is 0 Å². The van der Waals surface area contributed by atoms with Gasteiger partial charge in [0.15, 0.2) is 6.10 Å². The van der Waals surface area contributed by atoms with Gasteiger partial charge in [0.25, 0.3) is 0 Å². The molecule has 32 heavy (non-hydrogen) atoms. The molecular formula is C23H27FN4O3S. The molecule has 170 valence electrons. The normalized spacial score (nSPS) is 20.2. The Morgan fingerprint density at radius 3 is 2.84 bits per heavy atom. The fourth-order valence-electron chi connectivity index (χ4n) is 3.46. The Hall–Kier alpha value is -2.75. The van der Waals surface area contributed by atoms with Crippen LogP contribution in [0, 0.1) is 12.7 Å². The van der Waals surface area contributed by atoms with E-state index in [9.17, 15) is 9.50 Å². The molecule has 0 radical (unpaired) electrons. The third kappa shape index (κ3) is 4.85. The van der Waals surface area contributed by atoms with Crippen molar-refractivity contribution < 1.29 is 19.0 Å². The molecule has 4 rings (SSSR count). The summed E-state index contributed by atoms with van der Waals surface area (Å²) in [6, 6.07) is 8.13. The van der Waals surface area contributed by atoms with Crippen molar-refractivity contribution >= 4 is 43.4 Å². The Kier molecular flexibility index (Phi) is 6.32. The number of halogens is 1. The lowest BCUT2D eigenvalue weighted by molar-refractivity contribution is 0.0736. The number of aliphatic hydroxyl groups is 1. The van der Waals surface area contributed by atoms with E-state index in [1.165, 1.54) is 18.5 Å². The van der Waals surface area contributed by atoms with Gasteiger partial charge in [0, 0.05) is 11.5 Å². The smallest absolute Gasteiger partial charge is 0.150 e. The molecule has 0 amide bonds. The van der Waals surface area contributed by atoms with Gasteiger partial charge in [-0.2, -0.15) is 0 Å². The number of aromatic nitrogens is 2. The third-order valence-electron chi connectivity index (χ3n) is 5.34. The topological polar surface area (TPSA) is 88.9 Å². The van der Waals surface area contributed by atoms with E-state index in [1.54, 1.807) is 6.07 Å². The Morgan fingerprint density at radius 2 is 2.12 bits per heavy atom. The third-order valence-corrected chi connectivity index (χ3v) is 7.24. The molecule has 1 aromatic heterocycles. The number of aryl methyl sites for hydroxylation is 1. The maximum atomic E-state index is 13.9. The molecule has 0 spiro atoms. The number of nitrogens with one attached hydrogen (secondary N) is 1. The van der Waals surface area contributed by atoms with Crippen molar-refractivity contribution in [1.82, 2.24) is 9.97 Å². The fraction of sp³-hybridized carbons (Fsp3) is 0.348. The molecule has 2 aromatic carbocycles. The molecule has 9 heteroatoms. The van der Waals surface area contributed by atoms with Crippen LogP contribution in [0.25, 0.3) is 10.9 Å². The van der Waals surface area contributed by atoms with Gasteiger partial charge in [-0.1, -0.05) is 12.8 Å². The van der Waals surface area contributed by atoms with Crippen LogP contribution in [0.4, 0.5) is 21.6 Å². The monoisotopic (exact) mass is 458 g/mol. The Balaban J connectivity index is 1.72. The lowest BCUT2D eigenvalue weighted by atomic mass is 10.1. The number of anilines is 2. The Bertz CT molecular complexity index is 1270. The van der Waals surface area contributed by atoms with Gasteiger partial charge >= 0.3 is 0 Å². The minimum atomic E-state index is -1.31. The summed E-state index contributed by atoms with van der Waals surface area (Å²) in [4.78, 5) is 8.84. The van der Waals surface area contributed by atoms with Crippen molar-refractivity contribution in [2.24, 2.45) is 4.36 Å². The molecule has 7 nitrogen and oxygen atoms in total. The van der Waals surface area contributed by atoms with Crippen LogP contribution in [-0.2, 0) is 14.2 Å². The van der Waals surface area contributed by atoms with Gasteiger partial charge in [-0.3, -0.25) is 0 Å². The second kappa shape index (κ2) is 9.01. The van der Waals surface area contributed by atoms with Gasteiger partial charge in [0.2, 0.25) is 0 Å². The highest BCUT2D eigenvalue weighted by Crippen LogP contribution is 2.34. The number of fused-ring (bicyclic) bond motifs is 1. The number of aliphatic hydroxyl groups excluding tert-OH is 1. The van der Waals surface area contributed by atoms with Crippen molar-refractivity contribution in [3.05, 3.63) is 48.0 Å². The van der Waals surface area contributed by atoms with Gasteiger partial charge in [-0.05, 0) is 48.8 Å². The van der Waals surface area contributed by atoms with Crippen LogP contribution >= 0.6 is 0 Å². The average molecular weight is 459 g/mol. The second-order valence-electron chi connectivity index (χ2n) is 8.01. The van der Waals surface area contributed by atoms with Gasteiger partial charge in [0.05, 0.1) is 30.1 Å². The van der Waals surface area contributed by atoms with Gasteiger partial charge in [-0.15, -0.1) is 9.41 Å². The number of ether oxygens (including phenoxy) is 2. The number of benzene rings is 2. The summed E-state index contributed by atoms with van der Waals surface area (Å²) in [5.74, 6) is 5.53. The summed E-state index contributed by atoms with van der Waals surface area (Å²) in [6.07, 6.45) is 2.22. The maximum Gasteiger partial charge on any atom is 0.150 e. The summed E-state index contributed by atoms with van der Waals surface area (Å²) in [6.45, 7) is 4.50. The number of hydrogen-bond donors (Lipinski definition) is 2. The zero-order valence-electron chi connectivity index (χ0n) is 18.3. The van der Waals surface area contributed by atoms with Gasteiger partial charge < -0.3 is 19.9 Å².